The first-order chi connectivity index (χ1) is 2.27. The van der Waals surface area contributed by atoms with Gasteiger partial charge in [0.05, 0.1) is 6.92 Å². The molecule has 1 nitrogen and oxygen atoms in total. The SMILES string of the molecule is [C]C(=O)C=C.[Co].[Mn]. The molecule has 0 aliphatic heterocycles. The van der Waals surface area contributed by atoms with Crippen LogP contribution in [0.2, 0.25) is 0 Å². The zero-order valence-corrected chi connectivity index (χ0v) is 5.63. The first kappa shape index (κ1) is 15.7. The van der Waals surface area contributed by atoms with E-state index in [0.717, 1.165) is 6.08 Å². The molecule has 0 aromatic carbocycles. The maximum absolute atomic E-state index is 9.36. The van der Waals surface area contributed by atoms with Gasteiger partial charge in [0.25, 0.3) is 0 Å². The van der Waals surface area contributed by atoms with Gasteiger partial charge in [0, 0.05) is 33.8 Å². The molecule has 0 fully saturated rings. The summed E-state index contributed by atoms with van der Waals surface area (Å²) in [5, 5.41) is 0. The van der Waals surface area contributed by atoms with E-state index in [0.29, 0.717) is 0 Å². The summed E-state index contributed by atoms with van der Waals surface area (Å²) in [4.78, 5) is 9.36. The standard InChI is InChI=1S/C4H3O.Co.Mn/c1-3-4(2)5;;/h3H,1H2;;. The molecular formula is C4H3CoMnO. The number of rotatable bonds is 1. The Labute approximate surface area is 64.2 Å². The van der Waals surface area contributed by atoms with Crippen molar-refractivity contribution in [2.75, 3.05) is 0 Å². The van der Waals surface area contributed by atoms with Crippen LogP contribution in [0, 0.1) is 6.92 Å². The van der Waals surface area contributed by atoms with Crippen molar-refractivity contribution in [3.63, 3.8) is 0 Å². The van der Waals surface area contributed by atoms with Gasteiger partial charge >= 0.3 is 0 Å². The number of allylic oxidation sites excluding steroid dienone is 1. The van der Waals surface area contributed by atoms with E-state index in [1.165, 1.54) is 0 Å². The molecule has 0 N–H and O–H groups in total. The Hall–Kier alpha value is 0.436. The molecule has 0 aliphatic carbocycles. The van der Waals surface area contributed by atoms with Gasteiger partial charge in [-0.2, -0.15) is 0 Å². The van der Waals surface area contributed by atoms with Gasteiger partial charge in [-0.1, -0.05) is 6.58 Å². The Morgan fingerprint density at radius 2 is 1.86 bits per heavy atom. The second-order valence-electron chi connectivity index (χ2n) is 0.568. The number of carbonyl (C=O) groups is 1. The summed E-state index contributed by atoms with van der Waals surface area (Å²) in [7, 11) is 0. The van der Waals surface area contributed by atoms with Crippen LogP contribution in [0.25, 0.3) is 0 Å². The Bertz CT molecular complexity index is 62.7. The summed E-state index contributed by atoms with van der Waals surface area (Å²) < 4.78 is 0. The molecule has 0 amide bonds. The minimum atomic E-state index is -0.731. The minimum absolute atomic E-state index is 0. The van der Waals surface area contributed by atoms with Crippen molar-refractivity contribution in [3.8, 4) is 0 Å². The van der Waals surface area contributed by atoms with Gasteiger partial charge < -0.3 is 0 Å². The molecule has 0 aromatic rings. The molecule has 0 bridgehead atoms. The van der Waals surface area contributed by atoms with E-state index in [2.05, 4.69) is 6.58 Å². The third kappa shape index (κ3) is 21.3. The topological polar surface area (TPSA) is 17.1 Å². The van der Waals surface area contributed by atoms with Gasteiger partial charge in [-0.25, -0.2) is 0 Å². The van der Waals surface area contributed by atoms with Crippen LogP contribution in [0.3, 0.4) is 0 Å². The van der Waals surface area contributed by atoms with E-state index in [4.69, 9.17) is 6.92 Å². The van der Waals surface area contributed by atoms with E-state index in [1.807, 2.05) is 0 Å². The smallest absolute Gasteiger partial charge is 0.164 e. The van der Waals surface area contributed by atoms with Gasteiger partial charge in [0.2, 0.25) is 0 Å². The van der Waals surface area contributed by atoms with Crippen molar-refractivity contribution >= 4 is 5.78 Å². The van der Waals surface area contributed by atoms with Gasteiger partial charge in [-0.05, 0) is 6.08 Å². The normalized spacial score (nSPS) is 4.71. The Balaban J connectivity index is -0.0000000800. The third-order valence-electron chi connectivity index (χ3n) is 0.185. The van der Waals surface area contributed by atoms with Crippen molar-refractivity contribution in [3.05, 3.63) is 19.6 Å². The molecule has 0 unspecified atom stereocenters. The number of hydrogen-bond acceptors (Lipinski definition) is 1. The molecule has 0 atom stereocenters. The summed E-state index contributed by atoms with van der Waals surface area (Å²) >= 11 is 0. The molecule has 3 heteroatoms. The molecule has 7 heavy (non-hydrogen) atoms. The van der Waals surface area contributed by atoms with Crippen LogP contribution in [0.1, 0.15) is 0 Å². The number of ketones is 1. The summed E-state index contributed by atoms with van der Waals surface area (Å²) in [6.45, 7) is 9.09. The largest absolute Gasteiger partial charge is 0.294 e. The van der Waals surface area contributed by atoms with Gasteiger partial charge in [-0.3, -0.25) is 4.79 Å². The van der Waals surface area contributed by atoms with Gasteiger partial charge in [0.15, 0.2) is 5.78 Å². The fourth-order valence-electron chi connectivity index (χ4n) is 0. The van der Waals surface area contributed by atoms with Crippen LogP contribution in [0.15, 0.2) is 12.7 Å². The maximum atomic E-state index is 9.36. The van der Waals surface area contributed by atoms with E-state index in [1.54, 1.807) is 0 Å². The van der Waals surface area contributed by atoms with Crippen molar-refractivity contribution in [1.29, 1.82) is 0 Å². The van der Waals surface area contributed by atoms with Crippen LogP contribution >= 0.6 is 0 Å². The molecule has 0 saturated heterocycles. The fraction of sp³-hybridized carbons (Fsp3) is 0. The molecule has 0 rings (SSSR count). The second-order valence-corrected chi connectivity index (χ2v) is 0.568. The molecule has 0 aliphatic rings. The second kappa shape index (κ2) is 9.66. The van der Waals surface area contributed by atoms with Crippen molar-refractivity contribution in [1.82, 2.24) is 0 Å². The summed E-state index contributed by atoms with van der Waals surface area (Å²) in [6, 6.07) is 0. The zero-order valence-electron chi connectivity index (χ0n) is 3.40. The molecule has 0 saturated carbocycles. The average molecular weight is 181 g/mol. The van der Waals surface area contributed by atoms with E-state index in [-0.39, 0.29) is 33.8 Å². The Morgan fingerprint density at radius 3 is 1.86 bits per heavy atom. The zero-order chi connectivity index (χ0) is 4.28. The van der Waals surface area contributed by atoms with Crippen LogP contribution in [-0.2, 0) is 38.6 Å². The molecule has 0 aromatic heterocycles. The number of hydrogen-bond donors (Lipinski definition) is 0. The van der Waals surface area contributed by atoms with Gasteiger partial charge in [0.1, 0.15) is 0 Å². The molecule has 41 valence electrons. The average Bonchev–Trinajstić information content (AvgIpc) is 1.38. The predicted octanol–water partition coefficient (Wildman–Crippen LogP) is 0.325. The molecular weight excluding hydrogens is 178 g/mol. The van der Waals surface area contributed by atoms with E-state index < -0.39 is 5.78 Å². The van der Waals surface area contributed by atoms with Crippen LogP contribution in [-0.4, -0.2) is 5.78 Å². The van der Waals surface area contributed by atoms with Crippen LogP contribution in [0.4, 0.5) is 0 Å². The quantitative estimate of drug-likeness (QED) is 0.420. The van der Waals surface area contributed by atoms with Crippen LogP contribution < -0.4 is 0 Å². The fourth-order valence-corrected chi connectivity index (χ4v) is 0. The first-order valence-electron chi connectivity index (χ1n) is 1.15. The summed E-state index contributed by atoms with van der Waals surface area (Å²) in [6.07, 6.45) is 0.944. The minimum Gasteiger partial charge on any atom is -0.294 e. The number of carbonyl (C=O) groups excluding carboxylic acids is 1. The Morgan fingerprint density at radius 1 is 1.71 bits per heavy atom. The van der Waals surface area contributed by atoms with E-state index in [9.17, 15) is 4.79 Å². The maximum Gasteiger partial charge on any atom is 0.164 e. The first-order valence-corrected chi connectivity index (χ1v) is 1.15. The summed E-state index contributed by atoms with van der Waals surface area (Å²) in [5.74, 6) is -0.731. The van der Waals surface area contributed by atoms with Crippen molar-refractivity contribution in [2.24, 2.45) is 0 Å². The Kier molecular flexibility index (Phi) is 21.6. The van der Waals surface area contributed by atoms with Gasteiger partial charge in [-0.15, -0.1) is 0 Å². The summed E-state index contributed by atoms with van der Waals surface area (Å²) in [5.41, 5.74) is 0. The van der Waals surface area contributed by atoms with E-state index >= 15 is 0 Å². The molecule has 0 spiro atoms. The third-order valence-corrected chi connectivity index (χ3v) is 0.185. The monoisotopic (exact) mass is 181 g/mol. The van der Waals surface area contributed by atoms with Crippen molar-refractivity contribution in [2.45, 2.75) is 0 Å². The molecule has 0 heterocycles. The van der Waals surface area contributed by atoms with Crippen molar-refractivity contribution < 1.29 is 38.6 Å². The van der Waals surface area contributed by atoms with Crippen LogP contribution in [0.5, 0.6) is 0 Å². The molecule has 5 radical (unpaired) electrons. The predicted molar refractivity (Wildman–Crippen MR) is 18.4 cm³/mol.